The second kappa shape index (κ2) is 9.94. The lowest BCUT2D eigenvalue weighted by molar-refractivity contribution is 0.737. The molecule has 0 fully saturated rings. The van der Waals surface area contributed by atoms with Gasteiger partial charge in [0.15, 0.2) is 0 Å². The Bertz CT molecular complexity index is 1750. The normalized spacial score (nSPS) is 13.8. The van der Waals surface area contributed by atoms with Crippen LogP contribution < -0.4 is 5.32 Å². The molecule has 1 heterocycles. The molecule has 0 saturated heterocycles. The van der Waals surface area contributed by atoms with E-state index in [1.54, 1.807) is 0 Å². The Hall–Kier alpha value is -5.38. The van der Waals surface area contributed by atoms with Crippen LogP contribution in [-0.2, 0) is 0 Å². The topological polar surface area (TPSA) is 59.6 Å². The van der Waals surface area contributed by atoms with E-state index in [1.807, 2.05) is 48.5 Å². The second-order valence-corrected chi connectivity index (χ2v) is 9.35. The lowest BCUT2D eigenvalue weighted by Gasteiger charge is -2.29. The highest BCUT2D eigenvalue weighted by Crippen LogP contribution is 2.35. The summed E-state index contributed by atoms with van der Waals surface area (Å²) in [5.74, 6) is 0. The van der Waals surface area contributed by atoms with Gasteiger partial charge in [0.05, 0.1) is 29.3 Å². The third kappa shape index (κ3) is 4.46. The fourth-order valence-electron chi connectivity index (χ4n) is 5.01. The first-order valence-corrected chi connectivity index (χ1v) is 12.5. The van der Waals surface area contributed by atoms with E-state index in [2.05, 4.69) is 96.3 Å². The van der Waals surface area contributed by atoms with E-state index in [1.165, 1.54) is 16.7 Å². The molecule has 1 aliphatic heterocycles. The minimum Gasteiger partial charge on any atom is -0.374 e. The fourth-order valence-corrected chi connectivity index (χ4v) is 5.01. The van der Waals surface area contributed by atoms with Crippen LogP contribution in [-0.4, -0.2) is 0 Å². The minimum absolute atomic E-state index is 0.0117. The zero-order chi connectivity index (χ0) is 25.9. The summed E-state index contributed by atoms with van der Waals surface area (Å²) < 4.78 is 0. The Kier molecular flexibility index (Phi) is 6.03. The van der Waals surface area contributed by atoms with Gasteiger partial charge in [-0.2, -0.15) is 10.5 Å². The molecule has 6 rings (SSSR count). The maximum atomic E-state index is 9.25. The van der Waals surface area contributed by atoms with Gasteiger partial charge in [-0.15, -0.1) is 0 Å². The predicted octanol–water partition coefficient (Wildman–Crippen LogP) is 7.95. The molecular formula is C35H23N3. The summed E-state index contributed by atoms with van der Waals surface area (Å²) in [5.41, 5.74) is 11.3. The number of benzene rings is 5. The van der Waals surface area contributed by atoms with E-state index in [4.69, 9.17) is 0 Å². The highest BCUT2D eigenvalue weighted by Gasteiger charge is 2.22. The van der Waals surface area contributed by atoms with E-state index < -0.39 is 0 Å². The summed E-state index contributed by atoms with van der Waals surface area (Å²) in [4.78, 5) is 0. The quantitative estimate of drug-likeness (QED) is 0.281. The van der Waals surface area contributed by atoms with Crippen LogP contribution >= 0.6 is 0 Å². The van der Waals surface area contributed by atoms with Gasteiger partial charge < -0.3 is 5.32 Å². The van der Waals surface area contributed by atoms with Gasteiger partial charge >= 0.3 is 0 Å². The van der Waals surface area contributed by atoms with E-state index in [9.17, 15) is 10.5 Å². The van der Waals surface area contributed by atoms with Gasteiger partial charge in [-0.25, -0.2) is 0 Å². The lowest BCUT2D eigenvalue weighted by atomic mass is 9.88. The Morgan fingerprint density at radius 3 is 1.68 bits per heavy atom. The zero-order valence-corrected chi connectivity index (χ0v) is 20.6. The SMILES string of the molecule is N#Cc1cccc(-c2ccc(C3=Cc4ccccc4C(c4ccc(-c5cccc(C#N)c5)cc4)N3)cc2)c1. The molecule has 0 radical (unpaired) electrons. The molecule has 0 aliphatic carbocycles. The number of fused-ring (bicyclic) bond motifs is 1. The largest absolute Gasteiger partial charge is 0.374 e. The van der Waals surface area contributed by atoms with Crippen molar-refractivity contribution in [1.29, 1.82) is 10.5 Å². The molecule has 0 saturated carbocycles. The van der Waals surface area contributed by atoms with Crippen LogP contribution in [0.4, 0.5) is 0 Å². The van der Waals surface area contributed by atoms with Crippen molar-refractivity contribution >= 4 is 11.8 Å². The third-order valence-electron chi connectivity index (χ3n) is 7.00. The Morgan fingerprint density at radius 2 is 1.08 bits per heavy atom. The number of nitrogens with zero attached hydrogens (tertiary/aromatic N) is 2. The number of hydrogen-bond acceptors (Lipinski definition) is 3. The molecule has 1 atom stereocenters. The average molecular weight is 486 g/mol. The molecule has 3 nitrogen and oxygen atoms in total. The minimum atomic E-state index is 0.0117. The highest BCUT2D eigenvalue weighted by molar-refractivity contribution is 5.85. The van der Waals surface area contributed by atoms with Gasteiger partial charge in [-0.3, -0.25) is 0 Å². The third-order valence-corrected chi connectivity index (χ3v) is 7.00. The summed E-state index contributed by atoms with van der Waals surface area (Å²) >= 11 is 0. The predicted molar refractivity (Wildman–Crippen MR) is 152 cm³/mol. The summed E-state index contributed by atoms with van der Waals surface area (Å²) in [6, 6.07) is 45.4. The van der Waals surface area contributed by atoms with Crippen molar-refractivity contribution in [1.82, 2.24) is 5.32 Å². The Balaban J connectivity index is 1.31. The second-order valence-electron chi connectivity index (χ2n) is 9.35. The van der Waals surface area contributed by atoms with Crippen LogP contribution in [0.15, 0.2) is 121 Å². The molecule has 1 N–H and O–H groups in total. The maximum absolute atomic E-state index is 9.25. The molecule has 38 heavy (non-hydrogen) atoms. The fraction of sp³-hybridized carbons (Fsp3) is 0.0286. The van der Waals surface area contributed by atoms with Gasteiger partial charge in [0.1, 0.15) is 0 Å². The molecule has 0 bridgehead atoms. The molecule has 0 spiro atoms. The Labute approximate surface area is 222 Å². The standard InChI is InChI=1S/C35H23N3/c36-22-24-5-3-8-30(19-24)26-11-15-28(16-12-26)34-21-32-7-1-2-10-33(32)35(38-34)29-17-13-27(14-18-29)31-9-4-6-25(20-31)23-37/h1-21,35,38H. The number of hydrogen-bond donors (Lipinski definition) is 1. The van der Waals surface area contributed by atoms with E-state index in [-0.39, 0.29) is 6.04 Å². The molecule has 178 valence electrons. The molecule has 0 amide bonds. The summed E-state index contributed by atoms with van der Waals surface area (Å²) in [5, 5.41) is 22.3. The summed E-state index contributed by atoms with van der Waals surface area (Å²) in [6.45, 7) is 0. The van der Waals surface area contributed by atoms with Crippen molar-refractivity contribution in [2.45, 2.75) is 6.04 Å². The molecule has 5 aromatic rings. The molecule has 5 aromatic carbocycles. The summed E-state index contributed by atoms with van der Waals surface area (Å²) in [7, 11) is 0. The van der Waals surface area contributed by atoms with Gasteiger partial charge in [0.25, 0.3) is 0 Å². The van der Waals surface area contributed by atoms with Crippen LogP contribution in [0.3, 0.4) is 0 Å². The molecule has 3 heteroatoms. The van der Waals surface area contributed by atoms with Crippen LogP contribution in [0.1, 0.15) is 39.4 Å². The summed E-state index contributed by atoms with van der Waals surface area (Å²) in [6.07, 6.45) is 2.21. The maximum Gasteiger partial charge on any atom is 0.0991 e. The first kappa shape index (κ1) is 23.0. The van der Waals surface area contributed by atoms with Gasteiger partial charge in [0.2, 0.25) is 0 Å². The van der Waals surface area contributed by atoms with Crippen molar-refractivity contribution in [3.63, 3.8) is 0 Å². The van der Waals surface area contributed by atoms with E-state index in [0.29, 0.717) is 11.1 Å². The van der Waals surface area contributed by atoms with Crippen LogP contribution in [0.2, 0.25) is 0 Å². The number of rotatable bonds is 4. The van der Waals surface area contributed by atoms with Crippen molar-refractivity contribution in [3.05, 3.63) is 155 Å². The van der Waals surface area contributed by atoms with Crippen molar-refractivity contribution < 1.29 is 0 Å². The van der Waals surface area contributed by atoms with Gasteiger partial charge in [0, 0.05) is 5.70 Å². The number of nitrogens with one attached hydrogen (secondary N) is 1. The number of nitriles is 2. The van der Waals surface area contributed by atoms with Crippen molar-refractivity contribution in [3.8, 4) is 34.4 Å². The first-order chi connectivity index (χ1) is 18.7. The van der Waals surface area contributed by atoms with Gasteiger partial charge in [-0.1, -0.05) is 97.1 Å². The smallest absolute Gasteiger partial charge is 0.0991 e. The van der Waals surface area contributed by atoms with Crippen LogP contribution in [0.5, 0.6) is 0 Å². The lowest BCUT2D eigenvalue weighted by Crippen LogP contribution is -2.25. The van der Waals surface area contributed by atoms with Gasteiger partial charge in [-0.05, 0) is 74.8 Å². The first-order valence-electron chi connectivity index (χ1n) is 12.5. The monoisotopic (exact) mass is 485 g/mol. The van der Waals surface area contributed by atoms with Crippen LogP contribution in [0, 0.1) is 22.7 Å². The highest BCUT2D eigenvalue weighted by atomic mass is 14.9. The molecule has 1 unspecified atom stereocenters. The zero-order valence-electron chi connectivity index (χ0n) is 20.6. The molecule has 1 aliphatic rings. The molecule has 0 aromatic heterocycles. The van der Waals surface area contributed by atoms with Crippen LogP contribution in [0.25, 0.3) is 34.0 Å². The van der Waals surface area contributed by atoms with E-state index in [0.717, 1.165) is 33.5 Å². The average Bonchev–Trinajstić information content (AvgIpc) is 3.00. The van der Waals surface area contributed by atoms with Crippen molar-refractivity contribution in [2.24, 2.45) is 0 Å². The Morgan fingerprint density at radius 1 is 0.526 bits per heavy atom. The molecular weight excluding hydrogens is 462 g/mol. The van der Waals surface area contributed by atoms with E-state index >= 15 is 0 Å². The van der Waals surface area contributed by atoms with Crippen molar-refractivity contribution in [2.75, 3.05) is 0 Å².